The van der Waals surface area contributed by atoms with E-state index < -0.39 is 0 Å². The second-order valence-corrected chi connectivity index (χ2v) is 6.92. The number of aromatic nitrogens is 3. The van der Waals surface area contributed by atoms with E-state index in [0.717, 1.165) is 23.5 Å². The molecule has 0 spiro atoms. The van der Waals surface area contributed by atoms with Crippen LogP contribution >= 0.6 is 0 Å². The largest absolute Gasteiger partial charge is 0.340 e. The maximum Gasteiger partial charge on any atom is 0.227 e. The number of carbonyl (C=O) groups excluding carboxylic acids is 1. The SMILES string of the molecule is Cc1cnc(-c2ccncc2)n1C1CCN(C(=O)Cc2cccc(F)c2)C1. The van der Waals surface area contributed by atoms with Crippen molar-refractivity contribution in [2.75, 3.05) is 13.1 Å². The lowest BCUT2D eigenvalue weighted by molar-refractivity contribution is -0.129. The van der Waals surface area contributed by atoms with E-state index in [0.29, 0.717) is 18.7 Å². The van der Waals surface area contributed by atoms with Gasteiger partial charge in [-0.3, -0.25) is 9.78 Å². The van der Waals surface area contributed by atoms with E-state index >= 15 is 0 Å². The molecule has 1 saturated heterocycles. The van der Waals surface area contributed by atoms with Gasteiger partial charge in [-0.15, -0.1) is 0 Å². The van der Waals surface area contributed by atoms with Gasteiger partial charge in [0.1, 0.15) is 11.6 Å². The predicted octanol–water partition coefficient (Wildman–Crippen LogP) is 3.41. The van der Waals surface area contributed by atoms with E-state index in [1.807, 2.05) is 30.2 Å². The lowest BCUT2D eigenvalue weighted by atomic mass is 10.1. The second-order valence-electron chi connectivity index (χ2n) is 6.92. The summed E-state index contributed by atoms with van der Waals surface area (Å²) in [6.45, 7) is 3.38. The van der Waals surface area contributed by atoms with Gasteiger partial charge in [-0.1, -0.05) is 12.1 Å². The topological polar surface area (TPSA) is 51.0 Å². The Morgan fingerprint density at radius 2 is 2.07 bits per heavy atom. The molecular formula is C21H21FN4O. The van der Waals surface area contributed by atoms with Gasteiger partial charge in [0.25, 0.3) is 0 Å². The van der Waals surface area contributed by atoms with E-state index in [4.69, 9.17) is 0 Å². The molecule has 1 aliphatic rings. The van der Waals surface area contributed by atoms with Gasteiger partial charge in [-0.2, -0.15) is 0 Å². The highest BCUT2D eigenvalue weighted by atomic mass is 19.1. The van der Waals surface area contributed by atoms with Crippen molar-refractivity contribution in [1.82, 2.24) is 19.4 Å². The molecule has 1 atom stereocenters. The van der Waals surface area contributed by atoms with Crippen LogP contribution < -0.4 is 0 Å². The molecule has 1 aromatic carbocycles. The Balaban J connectivity index is 1.50. The van der Waals surface area contributed by atoms with Crippen LogP contribution in [0.5, 0.6) is 0 Å². The molecule has 0 aliphatic carbocycles. The smallest absolute Gasteiger partial charge is 0.227 e. The average molecular weight is 364 g/mol. The van der Waals surface area contributed by atoms with E-state index in [1.54, 1.807) is 24.5 Å². The van der Waals surface area contributed by atoms with Gasteiger partial charge in [-0.25, -0.2) is 9.37 Å². The Morgan fingerprint density at radius 3 is 2.85 bits per heavy atom. The van der Waals surface area contributed by atoms with E-state index in [-0.39, 0.29) is 24.2 Å². The van der Waals surface area contributed by atoms with Crippen molar-refractivity contribution in [1.29, 1.82) is 0 Å². The molecule has 1 aliphatic heterocycles. The summed E-state index contributed by atoms with van der Waals surface area (Å²) in [4.78, 5) is 23.2. The minimum absolute atomic E-state index is 0.0336. The molecule has 2 aromatic heterocycles. The summed E-state index contributed by atoms with van der Waals surface area (Å²) < 4.78 is 15.6. The van der Waals surface area contributed by atoms with Crippen molar-refractivity contribution in [3.8, 4) is 11.4 Å². The summed E-state index contributed by atoms with van der Waals surface area (Å²) in [5.74, 6) is 0.626. The standard InChI is InChI=1S/C21H21FN4O/c1-15-13-24-21(17-5-8-23-9-6-17)26(15)19-7-10-25(14-19)20(27)12-16-3-2-4-18(22)11-16/h2-6,8-9,11,13,19H,7,10,12,14H2,1H3. The molecule has 0 saturated carbocycles. The molecule has 0 N–H and O–H groups in total. The minimum atomic E-state index is -0.310. The number of pyridine rings is 1. The molecule has 6 heteroatoms. The highest BCUT2D eigenvalue weighted by molar-refractivity contribution is 5.79. The molecule has 138 valence electrons. The van der Waals surface area contributed by atoms with Crippen LogP contribution in [0, 0.1) is 12.7 Å². The van der Waals surface area contributed by atoms with Crippen molar-refractivity contribution in [3.05, 3.63) is 72.1 Å². The van der Waals surface area contributed by atoms with E-state index in [9.17, 15) is 9.18 Å². The lowest BCUT2D eigenvalue weighted by Crippen LogP contribution is -2.30. The summed E-state index contributed by atoms with van der Waals surface area (Å²) in [6.07, 6.45) is 6.49. The summed E-state index contributed by atoms with van der Waals surface area (Å²) in [6, 6.07) is 10.3. The Kier molecular flexibility index (Phi) is 4.71. The number of hydrogen-bond donors (Lipinski definition) is 0. The van der Waals surface area contributed by atoms with Gasteiger partial charge in [0.2, 0.25) is 5.91 Å². The quantitative estimate of drug-likeness (QED) is 0.713. The van der Waals surface area contributed by atoms with Crippen molar-refractivity contribution in [3.63, 3.8) is 0 Å². The zero-order chi connectivity index (χ0) is 18.8. The van der Waals surface area contributed by atoms with Crippen molar-refractivity contribution >= 4 is 5.91 Å². The Morgan fingerprint density at radius 1 is 1.26 bits per heavy atom. The number of nitrogens with zero attached hydrogens (tertiary/aromatic N) is 4. The van der Waals surface area contributed by atoms with Gasteiger partial charge in [0.15, 0.2) is 0 Å². The van der Waals surface area contributed by atoms with E-state index in [1.165, 1.54) is 12.1 Å². The zero-order valence-corrected chi connectivity index (χ0v) is 15.2. The van der Waals surface area contributed by atoms with Crippen molar-refractivity contribution in [2.45, 2.75) is 25.8 Å². The Hall–Kier alpha value is -3.02. The molecule has 3 aromatic rings. The average Bonchev–Trinajstić information content (AvgIpc) is 3.29. The molecule has 27 heavy (non-hydrogen) atoms. The predicted molar refractivity (Wildman–Crippen MR) is 101 cm³/mol. The summed E-state index contributed by atoms with van der Waals surface area (Å²) in [7, 11) is 0. The lowest BCUT2D eigenvalue weighted by Gasteiger charge is -2.20. The summed E-state index contributed by atoms with van der Waals surface area (Å²) >= 11 is 0. The maximum atomic E-state index is 13.4. The van der Waals surface area contributed by atoms with Crippen LogP contribution in [0.3, 0.4) is 0 Å². The first kappa shape index (κ1) is 17.4. The molecule has 1 unspecified atom stereocenters. The van der Waals surface area contributed by atoms with Gasteiger partial charge in [-0.05, 0) is 43.2 Å². The van der Waals surface area contributed by atoms with Crippen LogP contribution in [-0.2, 0) is 11.2 Å². The first-order valence-corrected chi connectivity index (χ1v) is 9.08. The first-order valence-electron chi connectivity index (χ1n) is 9.08. The van der Waals surface area contributed by atoms with Crippen molar-refractivity contribution < 1.29 is 9.18 Å². The number of rotatable bonds is 4. The normalized spacial score (nSPS) is 16.7. The third kappa shape index (κ3) is 3.60. The fraction of sp³-hybridized carbons (Fsp3) is 0.286. The third-order valence-electron chi connectivity index (χ3n) is 5.05. The van der Waals surface area contributed by atoms with Gasteiger partial charge >= 0.3 is 0 Å². The molecule has 5 nitrogen and oxygen atoms in total. The van der Waals surface area contributed by atoms with Gasteiger partial charge < -0.3 is 9.47 Å². The summed E-state index contributed by atoms with van der Waals surface area (Å²) in [5.41, 5.74) is 2.80. The fourth-order valence-corrected chi connectivity index (χ4v) is 3.73. The first-order chi connectivity index (χ1) is 13.1. The summed E-state index contributed by atoms with van der Waals surface area (Å²) in [5, 5.41) is 0. The highest BCUT2D eigenvalue weighted by Gasteiger charge is 2.29. The number of aryl methyl sites for hydroxylation is 1. The van der Waals surface area contributed by atoms with Gasteiger partial charge in [0, 0.05) is 42.9 Å². The fourth-order valence-electron chi connectivity index (χ4n) is 3.73. The molecule has 4 rings (SSSR count). The minimum Gasteiger partial charge on any atom is -0.340 e. The zero-order valence-electron chi connectivity index (χ0n) is 15.2. The second kappa shape index (κ2) is 7.31. The number of likely N-dealkylation sites (tertiary alicyclic amines) is 1. The number of carbonyl (C=O) groups is 1. The van der Waals surface area contributed by atoms with Crippen LogP contribution in [-0.4, -0.2) is 38.4 Å². The molecule has 0 radical (unpaired) electrons. The number of halogens is 1. The molecule has 0 bridgehead atoms. The number of imidazole rings is 1. The van der Waals surface area contributed by atoms with Crippen LogP contribution in [0.2, 0.25) is 0 Å². The monoisotopic (exact) mass is 364 g/mol. The van der Waals surface area contributed by atoms with Crippen molar-refractivity contribution in [2.24, 2.45) is 0 Å². The van der Waals surface area contributed by atoms with Crippen LogP contribution in [0.4, 0.5) is 4.39 Å². The Labute approximate surface area is 157 Å². The number of amides is 1. The molecule has 3 heterocycles. The third-order valence-corrected chi connectivity index (χ3v) is 5.05. The van der Waals surface area contributed by atoms with Crippen LogP contribution in [0.1, 0.15) is 23.7 Å². The molecule has 1 fully saturated rings. The maximum absolute atomic E-state index is 13.4. The number of hydrogen-bond acceptors (Lipinski definition) is 3. The van der Waals surface area contributed by atoms with Gasteiger partial charge in [0.05, 0.1) is 12.5 Å². The molecule has 1 amide bonds. The molecular weight excluding hydrogens is 343 g/mol. The van der Waals surface area contributed by atoms with Crippen LogP contribution in [0.15, 0.2) is 55.0 Å². The Bertz CT molecular complexity index is 954. The highest BCUT2D eigenvalue weighted by Crippen LogP contribution is 2.29. The van der Waals surface area contributed by atoms with Crippen LogP contribution in [0.25, 0.3) is 11.4 Å². The number of benzene rings is 1. The van der Waals surface area contributed by atoms with E-state index in [2.05, 4.69) is 14.5 Å².